The molecular formula is C14H19ClN4S. The normalized spacial score (nSPS) is 18.5. The summed E-state index contributed by atoms with van der Waals surface area (Å²) in [5.74, 6) is 3.43. The lowest BCUT2D eigenvalue weighted by Gasteiger charge is -2.26. The topological polar surface area (TPSA) is 34.0 Å². The van der Waals surface area contributed by atoms with E-state index in [0.717, 1.165) is 29.9 Å². The van der Waals surface area contributed by atoms with Gasteiger partial charge in [0, 0.05) is 43.9 Å². The van der Waals surface area contributed by atoms with E-state index in [-0.39, 0.29) is 5.38 Å². The molecule has 1 saturated heterocycles. The number of rotatable bonds is 4. The van der Waals surface area contributed by atoms with Crippen LogP contribution >= 0.6 is 23.4 Å². The maximum atomic E-state index is 6.28. The Morgan fingerprint density at radius 3 is 2.90 bits per heavy atom. The second kappa shape index (κ2) is 6.33. The first-order valence-electron chi connectivity index (χ1n) is 7.00. The summed E-state index contributed by atoms with van der Waals surface area (Å²) >= 11 is 8.32. The lowest BCUT2D eigenvalue weighted by Crippen LogP contribution is -2.35. The van der Waals surface area contributed by atoms with E-state index in [4.69, 9.17) is 11.6 Å². The highest BCUT2D eigenvalue weighted by Crippen LogP contribution is 2.24. The van der Waals surface area contributed by atoms with Gasteiger partial charge in [-0.15, -0.1) is 11.6 Å². The fourth-order valence-electron chi connectivity index (χ4n) is 2.61. The zero-order valence-corrected chi connectivity index (χ0v) is 13.2. The van der Waals surface area contributed by atoms with Gasteiger partial charge in [0.05, 0.1) is 17.1 Å². The SMILES string of the molecule is CC(Cl)c1nc2cnccc2n1CCN1CCSCC1. The molecule has 3 rings (SSSR count). The van der Waals surface area contributed by atoms with Gasteiger partial charge in [0.15, 0.2) is 0 Å². The minimum absolute atomic E-state index is 0.0840. The largest absolute Gasteiger partial charge is 0.325 e. The van der Waals surface area contributed by atoms with Gasteiger partial charge in [0.25, 0.3) is 0 Å². The molecule has 20 heavy (non-hydrogen) atoms. The van der Waals surface area contributed by atoms with Gasteiger partial charge in [-0.25, -0.2) is 4.98 Å². The molecule has 1 fully saturated rings. The monoisotopic (exact) mass is 310 g/mol. The van der Waals surface area contributed by atoms with E-state index in [1.54, 1.807) is 0 Å². The lowest BCUT2D eigenvalue weighted by atomic mass is 10.3. The van der Waals surface area contributed by atoms with E-state index in [1.165, 1.54) is 24.6 Å². The van der Waals surface area contributed by atoms with Crippen LogP contribution in [0.1, 0.15) is 18.1 Å². The van der Waals surface area contributed by atoms with Gasteiger partial charge in [0.1, 0.15) is 11.3 Å². The van der Waals surface area contributed by atoms with Gasteiger partial charge in [-0.2, -0.15) is 11.8 Å². The predicted molar refractivity (Wildman–Crippen MR) is 85.6 cm³/mol. The van der Waals surface area contributed by atoms with E-state index in [9.17, 15) is 0 Å². The van der Waals surface area contributed by atoms with Crippen molar-refractivity contribution in [1.82, 2.24) is 19.4 Å². The molecule has 1 atom stereocenters. The minimum atomic E-state index is -0.0840. The quantitative estimate of drug-likeness (QED) is 0.813. The van der Waals surface area contributed by atoms with Crippen LogP contribution in [0.3, 0.4) is 0 Å². The number of nitrogens with zero attached hydrogens (tertiary/aromatic N) is 4. The summed E-state index contributed by atoms with van der Waals surface area (Å²) in [7, 11) is 0. The molecule has 2 aromatic rings. The van der Waals surface area contributed by atoms with Crippen molar-refractivity contribution in [2.45, 2.75) is 18.8 Å². The van der Waals surface area contributed by atoms with Crippen LogP contribution in [0, 0.1) is 0 Å². The number of halogens is 1. The van der Waals surface area contributed by atoms with Gasteiger partial charge in [-0.3, -0.25) is 9.88 Å². The summed E-state index contributed by atoms with van der Waals surface area (Å²) in [6, 6.07) is 2.02. The molecule has 0 bridgehead atoms. The standard InChI is InChI=1S/C14H19ClN4S/c1-11(15)14-17-12-10-16-3-2-13(12)19(14)5-4-18-6-8-20-9-7-18/h2-3,10-11H,4-9H2,1H3. The zero-order chi connectivity index (χ0) is 13.9. The Morgan fingerprint density at radius 1 is 1.35 bits per heavy atom. The Morgan fingerprint density at radius 2 is 2.15 bits per heavy atom. The highest BCUT2D eigenvalue weighted by atomic mass is 35.5. The van der Waals surface area contributed by atoms with Crippen molar-refractivity contribution in [2.24, 2.45) is 0 Å². The molecule has 108 valence electrons. The van der Waals surface area contributed by atoms with E-state index in [1.807, 2.05) is 37.1 Å². The van der Waals surface area contributed by atoms with Crippen molar-refractivity contribution >= 4 is 34.4 Å². The van der Waals surface area contributed by atoms with E-state index < -0.39 is 0 Å². The molecule has 0 N–H and O–H groups in total. The molecule has 2 aromatic heterocycles. The molecule has 0 amide bonds. The van der Waals surface area contributed by atoms with Gasteiger partial charge in [0.2, 0.25) is 0 Å². The van der Waals surface area contributed by atoms with Gasteiger partial charge in [-0.1, -0.05) is 0 Å². The Labute approximate surface area is 128 Å². The summed E-state index contributed by atoms with van der Waals surface area (Å²) in [6.45, 7) is 6.35. The number of fused-ring (bicyclic) bond motifs is 1. The third kappa shape index (κ3) is 2.95. The minimum Gasteiger partial charge on any atom is -0.325 e. The summed E-state index contributed by atoms with van der Waals surface area (Å²) in [5, 5.41) is -0.0840. The van der Waals surface area contributed by atoms with Crippen LogP contribution in [0.4, 0.5) is 0 Å². The first-order chi connectivity index (χ1) is 9.75. The Hall–Kier alpha value is -0.780. The molecule has 1 unspecified atom stereocenters. The first kappa shape index (κ1) is 14.2. The van der Waals surface area contributed by atoms with Crippen LogP contribution < -0.4 is 0 Å². The summed E-state index contributed by atoms with van der Waals surface area (Å²) in [6.07, 6.45) is 3.63. The van der Waals surface area contributed by atoms with Crippen molar-refractivity contribution in [3.05, 3.63) is 24.3 Å². The molecule has 0 aliphatic carbocycles. The van der Waals surface area contributed by atoms with Crippen molar-refractivity contribution in [3.8, 4) is 0 Å². The number of hydrogen-bond donors (Lipinski definition) is 0. The van der Waals surface area contributed by atoms with E-state index in [0.29, 0.717) is 0 Å². The average Bonchev–Trinajstić information content (AvgIpc) is 2.85. The van der Waals surface area contributed by atoms with Crippen LogP contribution in [-0.2, 0) is 6.54 Å². The number of hydrogen-bond acceptors (Lipinski definition) is 4. The maximum Gasteiger partial charge on any atom is 0.127 e. The Kier molecular flexibility index (Phi) is 4.48. The third-order valence-electron chi connectivity index (χ3n) is 3.68. The lowest BCUT2D eigenvalue weighted by molar-refractivity contribution is 0.289. The fourth-order valence-corrected chi connectivity index (χ4v) is 3.75. The Balaban J connectivity index is 1.83. The molecular weight excluding hydrogens is 292 g/mol. The third-order valence-corrected chi connectivity index (χ3v) is 4.82. The number of thioether (sulfide) groups is 1. The van der Waals surface area contributed by atoms with Crippen LogP contribution in [-0.4, -0.2) is 50.6 Å². The Bertz CT molecular complexity index is 578. The summed E-state index contributed by atoms with van der Waals surface area (Å²) < 4.78 is 2.25. The van der Waals surface area contributed by atoms with Crippen LogP contribution in [0.25, 0.3) is 11.0 Å². The maximum absolute atomic E-state index is 6.28. The predicted octanol–water partition coefficient (Wildman–Crippen LogP) is 2.78. The fraction of sp³-hybridized carbons (Fsp3) is 0.571. The average molecular weight is 311 g/mol. The smallest absolute Gasteiger partial charge is 0.127 e. The first-order valence-corrected chi connectivity index (χ1v) is 8.59. The van der Waals surface area contributed by atoms with Gasteiger partial charge >= 0.3 is 0 Å². The highest BCUT2D eigenvalue weighted by molar-refractivity contribution is 7.99. The molecule has 6 heteroatoms. The zero-order valence-electron chi connectivity index (χ0n) is 11.6. The highest BCUT2D eigenvalue weighted by Gasteiger charge is 2.16. The second-order valence-corrected chi connectivity index (χ2v) is 6.94. The van der Waals surface area contributed by atoms with Crippen molar-refractivity contribution in [2.75, 3.05) is 31.1 Å². The van der Waals surface area contributed by atoms with Crippen LogP contribution in [0.15, 0.2) is 18.5 Å². The molecule has 0 radical (unpaired) electrons. The molecule has 3 heterocycles. The molecule has 0 aromatic carbocycles. The van der Waals surface area contributed by atoms with Gasteiger partial charge < -0.3 is 4.57 Å². The van der Waals surface area contributed by atoms with E-state index in [2.05, 4.69) is 19.4 Å². The van der Waals surface area contributed by atoms with Crippen molar-refractivity contribution in [3.63, 3.8) is 0 Å². The van der Waals surface area contributed by atoms with E-state index >= 15 is 0 Å². The number of alkyl halides is 1. The molecule has 0 saturated carbocycles. The number of imidazole rings is 1. The van der Waals surface area contributed by atoms with Crippen molar-refractivity contribution in [1.29, 1.82) is 0 Å². The van der Waals surface area contributed by atoms with Crippen molar-refractivity contribution < 1.29 is 0 Å². The van der Waals surface area contributed by atoms with Crippen LogP contribution in [0.5, 0.6) is 0 Å². The number of aromatic nitrogens is 3. The molecule has 1 aliphatic heterocycles. The number of pyridine rings is 1. The van der Waals surface area contributed by atoms with Crippen LogP contribution in [0.2, 0.25) is 0 Å². The summed E-state index contributed by atoms with van der Waals surface area (Å²) in [4.78, 5) is 11.3. The summed E-state index contributed by atoms with van der Waals surface area (Å²) in [5.41, 5.74) is 2.07. The molecule has 4 nitrogen and oxygen atoms in total. The van der Waals surface area contributed by atoms with Gasteiger partial charge in [-0.05, 0) is 13.0 Å². The molecule has 0 spiro atoms. The molecule has 1 aliphatic rings. The second-order valence-electron chi connectivity index (χ2n) is 5.06.